The Balaban J connectivity index is 1.73. The topological polar surface area (TPSA) is 96.0 Å². The van der Waals surface area contributed by atoms with Gasteiger partial charge in [0.05, 0.1) is 11.8 Å². The number of hydrogen-bond donors (Lipinski definition) is 1. The summed E-state index contributed by atoms with van der Waals surface area (Å²) in [5, 5.41) is 2.60. The smallest absolute Gasteiger partial charge is 0.341 e. The molecule has 0 aliphatic carbocycles. The van der Waals surface area contributed by atoms with Crippen LogP contribution in [0, 0.1) is 0 Å². The Kier molecular flexibility index (Phi) is 5.25. The number of sulfonamides is 1. The summed E-state index contributed by atoms with van der Waals surface area (Å²) >= 11 is 0. The van der Waals surface area contributed by atoms with Crippen LogP contribution in [0.15, 0.2) is 29.8 Å². The van der Waals surface area contributed by atoms with E-state index >= 15 is 0 Å². The first-order chi connectivity index (χ1) is 12.7. The van der Waals surface area contributed by atoms with Crippen LogP contribution in [0.4, 0.5) is 5.69 Å². The van der Waals surface area contributed by atoms with Crippen LogP contribution < -0.4 is 10.2 Å². The fourth-order valence-electron chi connectivity index (χ4n) is 3.33. The molecule has 3 rings (SSSR count). The molecule has 146 valence electrons. The van der Waals surface area contributed by atoms with Crippen molar-refractivity contribution in [3.8, 4) is 0 Å². The molecule has 27 heavy (non-hydrogen) atoms. The predicted molar refractivity (Wildman–Crippen MR) is 101 cm³/mol. The minimum absolute atomic E-state index is 0.267. The van der Waals surface area contributed by atoms with Gasteiger partial charge in [0.2, 0.25) is 15.9 Å². The Morgan fingerprint density at radius 2 is 1.74 bits per heavy atom. The average Bonchev–Trinajstić information content (AvgIpc) is 2.87. The van der Waals surface area contributed by atoms with E-state index in [-0.39, 0.29) is 5.91 Å². The molecular formula is C18H23N3O5S. The van der Waals surface area contributed by atoms with Gasteiger partial charge < -0.3 is 15.0 Å². The number of rotatable bonds is 4. The predicted octanol–water partition coefficient (Wildman–Crippen LogP) is 0.561. The SMILES string of the molecule is CC(=O)N[C@@H]1OC(=O)C(c2ccc(N3CCN(S(C)(=O)=O)CC3)cc2)=C1C. The van der Waals surface area contributed by atoms with Crippen molar-refractivity contribution in [2.45, 2.75) is 20.1 Å². The fourth-order valence-corrected chi connectivity index (χ4v) is 4.16. The van der Waals surface area contributed by atoms with E-state index in [1.807, 2.05) is 24.3 Å². The van der Waals surface area contributed by atoms with Gasteiger partial charge in [0.15, 0.2) is 6.23 Å². The summed E-state index contributed by atoms with van der Waals surface area (Å²) in [6.07, 6.45) is 0.497. The number of ether oxygens (including phenoxy) is 1. The van der Waals surface area contributed by atoms with Crippen LogP contribution in [0.2, 0.25) is 0 Å². The third-order valence-electron chi connectivity index (χ3n) is 4.78. The van der Waals surface area contributed by atoms with Crippen molar-refractivity contribution in [3.63, 3.8) is 0 Å². The van der Waals surface area contributed by atoms with Gasteiger partial charge in [-0.2, -0.15) is 4.31 Å². The number of nitrogens with one attached hydrogen (secondary N) is 1. The molecule has 1 atom stereocenters. The second-order valence-corrected chi connectivity index (χ2v) is 8.72. The molecule has 9 heteroatoms. The molecule has 0 saturated carbocycles. The van der Waals surface area contributed by atoms with Crippen molar-refractivity contribution in [3.05, 3.63) is 35.4 Å². The van der Waals surface area contributed by atoms with Crippen molar-refractivity contribution in [1.29, 1.82) is 0 Å². The standard InChI is InChI=1S/C18H23N3O5S/c1-12-16(18(23)26-17(12)19-13(2)22)14-4-6-15(7-5-14)20-8-10-21(11-9-20)27(3,24)25/h4-7,17H,8-11H2,1-3H3,(H,19,22)/t17-/m1/s1. The first-order valence-corrected chi connectivity index (χ1v) is 10.5. The monoisotopic (exact) mass is 393 g/mol. The Bertz CT molecular complexity index is 884. The van der Waals surface area contributed by atoms with E-state index in [2.05, 4.69) is 10.2 Å². The molecule has 1 aromatic rings. The molecule has 0 aromatic heterocycles. The molecular weight excluding hydrogens is 370 g/mol. The van der Waals surface area contributed by atoms with E-state index in [1.54, 1.807) is 6.92 Å². The molecule has 1 saturated heterocycles. The molecule has 0 radical (unpaired) electrons. The Labute approximate surface area is 158 Å². The molecule has 8 nitrogen and oxygen atoms in total. The van der Waals surface area contributed by atoms with Gasteiger partial charge in [-0.1, -0.05) is 12.1 Å². The van der Waals surface area contributed by atoms with E-state index in [9.17, 15) is 18.0 Å². The van der Waals surface area contributed by atoms with Crippen LogP contribution in [-0.4, -0.2) is 63.3 Å². The minimum atomic E-state index is -3.16. The van der Waals surface area contributed by atoms with Crippen molar-refractivity contribution in [2.24, 2.45) is 0 Å². The number of esters is 1. The molecule has 1 N–H and O–H groups in total. The summed E-state index contributed by atoms with van der Waals surface area (Å²) in [6, 6.07) is 7.50. The summed E-state index contributed by atoms with van der Waals surface area (Å²) in [6.45, 7) is 5.27. The zero-order chi connectivity index (χ0) is 19.8. The lowest BCUT2D eigenvalue weighted by Gasteiger charge is -2.34. The van der Waals surface area contributed by atoms with Crippen molar-refractivity contribution in [1.82, 2.24) is 9.62 Å². The second kappa shape index (κ2) is 7.32. The first kappa shape index (κ1) is 19.4. The number of nitrogens with zero attached hydrogens (tertiary/aromatic N) is 2. The molecule has 1 amide bonds. The quantitative estimate of drug-likeness (QED) is 0.751. The molecule has 0 bridgehead atoms. The first-order valence-electron chi connectivity index (χ1n) is 8.66. The van der Waals surface area contributed by atoms with Crippen molar-refractivity contribution in [2.75, 3.05) is 37.3 Å². The maximum absolute atomic E-state index is 12.2. The van der Waals surface area contributed by atoms with E-state index < -0.39 is 22.2 Å². The number of anilines is 1. The van der Waals surface area contributed by atoms with Gasteiger partial charge in [-0.05, 0) is 24.6 Å². The third-order valence-corrected chi connectivity index (χ3v) is 6.08. The molecule has 2 aliphatic rings. The summed E-state index contributed by atoms with van der Waals surface area (Å²) in [4.78, 5) is 25.5. The highest BCUT2D eigenvalue weighted by Crippen LogP contribution is 2.30. The van der Waals surface area contributed by atoms with Crippen molar-refractivity contribution >= 4 is 33.2 Å². The Morgan fingerprint density at radius 3 is 2.26 bits per heavy atom. The molecule has 2 aliphatic heterocycles. The van der Waals surface area contributed by atoms with Crippen molar-refractivity contribution < 1.29 is 22.7 Å². The van der Waals surface area contributed by atoms with Crippen LogP contribution in [-0.2, 0) is 24.3 Å². The fraction of sp³-hybridized carbons (Fsp3) is 0.444. The summed E-state index contributed by atoms with van der Waals surface area (Å²) in [5.41, 5.74) is 2.82. The average molecular weight is 393 g/mol. The summed E-state index contributed by atoms with van der Waals surface area (Å²) in [5.74, 6) is -0.724. The maximum Gasteiger partial charge on any atom is 0.341 e. The number of cyclic esters (lactones) is 1. The van der Waals surface area contributed by atoms with Gasteiger partial charge in [-0.3, -0.25) is 4.79 Å². The number of carbonyl (C=O) groups excluding carboxylic acids is 2. The van der Waals surface area contributed by atoms with Gasteiger partial charge in [0.1, 0.15) is 0 Å². The lowest BCUT2D eigenvalue weighted by molar-refractivity contribution is -0.140. The zero-order valence-corrected chi connectivity index (χ0v) is 16.4. The van der Waals surface area contributed by atoms with E-state index in [1.165, 1.54) is 17.5 Å². The van der Waals surface area contributed by atoms with E-state index in [0.29, 0.717) is 37.3 Å². The minimum Gasteiger partial charge on any atom is -0.434 e. The lowest BCUT2D eigenvalue weighted by Crippen LogP contribution is -2.48. The maximum atomic E-state index is 12.2. The largest absolute Gasteiger partial charge is 0.434 e. The summed E-state index contributed by atoms with van der Waals surface area (Å²) in [7, 11) is -3.16. The Hall–Kier alpha value is -2.39. The highest BCUT2D eigenvalue weighted by molar-refractivity contribution is 7.88. The number of hydrogen-bond acceptors (Lipinski definition) is 6. The second-order valence-electron chi connectivity index (χ2n) is 6.74. The lowest BCUT2D eigenvalue weighted by atomic mass is 10.0. The van der Waals surface area contributed by atoms with Gasteiger partial charge in [-0.15, -0.1) is 0 Å². The number of carbonyl (C=O) groups is 2. The summed E-state index contributed by atoms with van der Waals surface area (Å²) < 4.78 is 29.9. The molecule has 1 aromatic carbocycles. The Morgan fingerprint density at radius 1 is 1.15 bits per heavy atom. The number of piperazine rings is 1. The van der Waals surface area contributed by atoms with E-state index in [0.717, 1.165) is 11.3 Å². The number of amides is 1. The highest BCUT2D eigenvalue weighted by atomic mass is 32.2. The van der Waals surface area contributed by atoms with Crippen LogP contribution in [0.3, 0.4) is 0 Å². The van der Waals surface area contributed by atoms with Gasteiger partial charge in [0, 0.05) is 44.4 Å². The number of benzene rings is 1. The van der Waals surface area contributed by atoms with Crippen LogP contribution >= 0.6 is 0 Å². The van der Waals surface area contributed by atoms with Gasteiger partial charge >= 0.3 is 5.97 Å². The zero-order valence-electron chi connectivity index (χ0n) is 15.6. The van der Waals surface area contributed by atoms with Crippen LogP contribution in [0.25, 0.3) is 5.57 Å². The molecule has 0 spiro atoms. The van der Waals surface area contributed by atoms with Crippen LogP contribution in [0.5, 0.6) is 0 Å². The molecule has 0 unspecified atom stereocenters. The molecule has 1 fully saturated rings. The van der Waals surface area contributed by atoms with Gasteiger partial charge in [-0.25, -0.2) is 13.2 Å². The normalized spacial score (nSPS) is 21.4. The molecule has 2 heterocycles. The highest BCUT2D eigenvalue weighted by Gasteiger charge is 2.32. The van der Waals surface area contributed by atoms with E-state index in [4.69, 9.17) is 4.74 Å². The third kappa shape index (κ3) is 4.14. The van der Waals surface area contributed by atoms with Gasteiger partial charge in [0.25, 0.3) is 0 Å². The van der Waals surface area contributed by atoms with Crippen LogP contribution in [0.1, 0.15) is 19.4 Å².